The number of ether oxygens (including phenoxy) is 1. The van der Waals surface area contributed by atoms with Gasteiger partial charge in [0.1, 0.15) is 11.6 Å². The first-order valence-corrected chi connectivity index (χ1v) is 13.4. The summed E-state index contributed by atoms with van der Waals surface area (Å²) in [6.45, 7) is 22.4. The Bertz CT molecular complexity index is 956. The zero-order valence-corrected chi connectivity index (χ0v) is 24.0. The van der Waals surface area contributed by atoms with Gasteiger partial charge in [-0.05, 0) is 44.9 Å². The van der Waals surface area contributed by atoms with E-state index in [4.69, 9.17) is 4.74 Å². The topological polar surface area (TPSA) is 90.4 Å². The van der Waals surface area contributed by atoms with Gasteiger partial charge < -0.3 is 24.5 Å². The average molecular weight is 518 g/mol. The van der Waals surface area contributed by atoms with Crippen LogP contribution >= 0.6 is 0 Å². The third kappa shape index (κ3) is 4.65. The summed E-state index contributed by atoms with van der Waals surface area (Å²) >= 11 is 0. The molecule has 8 nitrogen and oxygen atoms in total. The first kappa shape index (κ1) is 29.4. The third-order valence-corrected chi connectivity index (χ3v) is 8.71. The monoisotopic (exact) mass is 517 g/mol. The molecule has 0 aromatic rings. The lowest BCUT2D eigenvalue weighted by molar-refractivity contribution is -0.158. The van der Waals surface area contributed by atoms with Crippen molar-refractivity contribution in [2.24, 2.45) is 23.2 Å². The van der Waals surface area contributed by atoms with E-state index >= 15 is 0 Å². The maximum absolute atomic E-state index is 14.6. The van der Waals surface area contributed by atoms with Crippen LogP contribution in [0.4, 0.5) is 0 Å². The summed E-state index contributed by atoms with van der Waals surface area (Å²) in [4.78, 5) is 47.2. The molecule has 3 saturated heterocycles. The number of fused-ring (bicyclic) bond motifs is 1. The largest absolute Gasteiger partial charge is 0.395 e. The van der Waals surface area contributed by atoms with Crippen molar-refractivity contribution in [3.05, 3.63) is 25.3 Å². The van der Waals surface area contributed by atoms with Crippen LogP contribution in [-0.4, -0.2) is 93.6 Å². The molecule has 6 atom stereocenters. The van der Waals surface area contributed by atoms with Gasteiger partial charge in [-0.3, -0.25) is 14.4 Å². The number of likely N-dealkylation sites (tertiary alicyclic amines) is 1. The van der Waals surface area contributed by atoms with E-state index in [0.29, 0.717) is 19.5 Å². The maximum Gasteiger partial charge on any atom is 0.249 e. The Kier molecular flexibility index (Phi) is 7.81. The molecule has 0 radical (unpaired) electrons. The van der Waals surface area contributed by atoms with Gasteiger partial charge in [-0.25, -0.2) is 0 Å². The van der Waals surface area contributed by atoms with Gasteiger partial charge in [0.05, 0.1) is 24.0 Å². The lowest BCUT2D eigenvalue weighted by atomic mass is 9.62. The summed E-state index contributed by atoms with van der Waals surface area (Å²) in [5.41, 5.74) is -2.58. The first-order valence-electron chi connectivity index (χ1n) is 13.4. The molecule has 3 aliphatic rings. The second kappa shape index (κ2) is 9.84. The minimum absolute atomic E-state index is 0.00693. The molecule has 208 valence electrons. The molecule has 0 aromatic heterocycles. The number of carbonyl (C=O) groups is 3. The van der Waals surface area contributed by atoms with E-state index < -0.39 is 34.6 Å². The molecule has 0 aromatic carbocycles. The summed E-state index contributed by atoms with van der Waals surface area (Å²) in [7, 11) is 1.70. The summed E-state index contributed by atoms with van der Waals surface area (Å²) in [5, 5.41) is 9.90. The highest BCUT2D eigenvalue weighted by molar-refractivity contribution is 5.99. The van der Waals surface area contributed by atoms with Gasteiger partial charge >= 0.3 is 0 Å². The fourth-order valence-electron chi connectivity index (χ4n) is 7.57. The highest BCUT2D eigenvalue weighted by Crippen LogP contribution is 2.65. The van der Waals surface area contributed by atoms with Gasteiger partial charge in [0.15, 0.2) is 0 Å². The number of nitrogens with zero attached hydrogens (tertiary/aromatic N) is 3. The standard InChI is InChI=1S/C29H47N3O5/c1-11-13-30(10)23(34)20-21-24(35)31(15-16-33)22(29(21)17-19(3)28(20,9)37-29)25(36)32(14-12-2)27(7,8)18-26(4,5)6/h11-12,19-22,33H,1-2,13-18H2,3-10H3/t19?,20-,21+,22?,28+,29?/m1/s1. The molecule has 1 N–H and O–H groups in total. The molecule has 3 fully saturated rings. The number of amides is 3. The van der Waals surface area contributed by atoms with Crippen molar-refractivity contribution >= 4 is 17.7 Å². The Hall–Kier alpha value is -2.19. The van der Waals surface area contributed by atoms with E-state index in [1.807, 2.05) is 27.7 Å². The molecule has 3 unspecified atom stereocenters. The molecule has 37 heavy (non-hydrogen) atoms. The fraction of sp³-hybridized carbons (Fsp3) is 0.759. The second-order valence-corrected chi connectivity index (χ2v) is 13.3. The van der Waals surface area contributed by atoms with E-state index in [0.717, 1.165) is 6.42 Å². The number of hydrogen-bond donors (Lipinski definition) is 1. The molecule has 2 bridgehead atoms. The summed E-state index contributed by atoms with van der Waals surface area (Å²) < 4.78 is 6.78. The van der Waals surface area contributed by atoms with Crippen molar-refractivity contribution in [2.45, 2.75) is 84.1 Å². The molecule has 0 aliphatic carbocycles. The molecule has 3 amide bonds. The molecular formula is C29H47N3O5. The number of likely N-dealkylation sites (N-methyl/N-ethyl adjacent to an activating group) is 1. The SMILES string of the molecule is C=CCN(C)C(=O)[C@H]1[C@H]2C(=O)N(CCO)C(C(=O)N(CC=C)C(C)(C)CC(C)(C)C)C23CC(C)[C@]1(C)O3. The van der Waals surface area contributed by atoms with Crippen LogP contribution in [0.3, 0.4) is 0 Å². The van der Waals surface area contributed by atoms with E-state index in [1.54, 1.807) is 29.0 Å². The van der Waals surface area contributed by atoms with Crippen LogP contribution in [0.2, 0.25) is 0 Å². The fourth-order valence-corrected chi connectivity index (χ4v) is 7.57. The van der Waals surface area contributed by atoms with Crippen LogP contribution in [0.5, 0.6) is 0 Å². The van der Waals surface area contributed by atoms with Gasteiger partial charge in [0, 0.05) is 32.2 Å². The van der Waals surface area contributed by atoms with Crippen molar-refractivity contribution in [3.8, 4) is 0 Å². The van der Waals surface area contributed by atoms with Crippen molar-refractivity contribution in [1.29, 1.82) is 0 Å². The maximum atomic E-state index is 14.6. The predicted octanol–water partition coefficient (Wildman–Crippen LogP) is 2.86. The van der Waals surface area contributed by atoms with Crippen molar-refractivity contribution < 1.29 is 24.2 Å². The molecule has 8 heteroatoms. The first-order chi connectivity index (χ1) is 17.0. The lowest BCUT2D eigenvalue weighted by Crippen LogP contribution is -2.61. The van der Waals surface area contributed by atoms with Crippen LogP contribution < -0.4 is 0 Å². The van der Waals surface area contributed by atoms with Crippen LogP contribution in [0.15, 0.2) is 25.3 Å². The van der Waals surface area contributed by atoms with E-state index in [1.165, 1.54) is 4.90 Å². The Balaban J connectivity index is 2.14. The van der Waals surface area contributed by atoms with Gasteiger partial charge in [-0.15, -0.1) is 13.2 Å². The van der Waals surface area contributed by atoms with Crippen molar-refractivity contribution in [2.75, 3.05) is 33.3 Å². The minimum Gasteiger partial charge on any atom is -0.395 e. The van der Waals surface area contributed by atoms with Gasteiger partial charge in [0.2, 0.25) is 17.7 Å². The van der Waals surface area contributed by atoms with Crippen molar-refractivity contribution in [3.63, 3.8) is 0 Å². The highest BCUT2D eigenvalue weighted by Gasteiger charge is 2.80. The Morgan fingerprint density at radius 1 is 1.16 bits per heavy atom. The van der Waals surface area contributed by atoms with E-state index in [-0.39, 0.29) is 42.2 Å². The Morgan fingerprint density at radius 2 is 1.76 bits per heavy atom. The minimum atomic E-state index is -1.13. The normalized spacial score (nSPS) is 32.9. The number of carbonyl (C=O) groups excluding carboxylic acids is 3. The van der Waals surface area contributed by atoms with Crippen LogP contribution in [0.1, 0.15) is 61.3 Å². The number of β-amino-alcohol motifs (C(OH)–C–C–N with tert-alkyl or cyclic N) is 1. The van der Waals surface area contributed by atoms with E-state index in [9.17, 15) is 19.5 Å². The summed E-state index contributed by atoms with van der Waals surface area (Å²) in [5.74, 6) is -2.24. The van der Waals surface area contributed by atoms with Gasteiger partial charge in [0.25, 0.3) is 0 Å². The lowest BCUT2D eigenvalue weighted by Gasteiger charge is -2.45. The molecule has 3 aliphatic heterocycles. The zero-order valence-electron chi connectivity index (χ0n) is 24.0. The zero-order chi connectivity index (χ0) is 28.1. The van der Waals surface area contributed by atoms with Crippen molar-refractivity contribution in [1.82, 2.24) is 14.7 Å². The molecular weight excluding hydrogens is 470 g/mol. The van der Waals surface area contributed by atoms with Crippen LogP contribution in [-0.2, 0) is 19.1 Å². The number of aliphatic hydroxyl groups is 1. The summed E-state index contributed by atoms with van der Waals surface area (Å²) in [6, 6.07) is -0.928. The van der Waals surface area contributed by atoms with Gasteiger partial charge in [-0.2, -0.15) is 0 Å². The Morgan fingerprint density at radius 3 is 2.27 bits per heavy atom. The second-order valence-electron chi connectivity index (χ2n) is 13.3. The number of aliphatic hydroxyl groups excluding tert-OH is 1. The van der Waals surface area contributed by atoms with Crippen LogP contribution in [0.25, 0.3) is 0 Å². The molecule has 0 saturated carbocycles. The third-order valence-electron chi connectivity index (χ3n) is 8.71. The predicted molar refractivity (Wildman–Crippen MR) is 143 cm³/mol. The Labute approximate surface area is 222 Å². The highest BCUT2D eigenvalue weighted by atomic mass is 16.5. The number of hydrogen-bond acceptors (Lipinski definition) is 5. The smallest absolute Gasteiger partial charge is 0.249 e. The van der Waals surface area contributed by atoms with Gasteiger partial charge in [-0.1, -0.05) is 39.8 Å². The quantitative estimate of drug-likeness (QED) is 0.450. The molecule has 3 heterocycles. The average Bonchev–Trinajstić information content (AvgIpc) is 3.27. The van der Waals surface area contributed by atoms with E-state index in [2.05, 4.69) is 33.9 Å². The summed E-state index contributed by atoms with van der Waals surface area (Å²) in [6.07, 6.45) is 4.59. The molecule has 3 rings (SSSR count). The number of rotatable bonds is 10. The molecule has 1 spiro atoms. The van der Waals surface area contributed by atoms with Crippen LogP contribution in [0, 0.1) is 23.2 Å².